The first-order valence-electron chi connectivity index (χ1n) is 6.44. The lowest BCUT2D eigenvalue weighted by molar-refractivity contribution is 0.217. The molecule has 0 aliphatic heterocycles. The van der Waals surface area contributed by atoms with Gasteiger partial charge >= 0.3 is 0 Å². The molecule has 0 spiro atoms. The number of hydrogen-bond acceptors (Lipinski definition) is 2. The largest absolute Gasteiger partial charge is 0.303 e. The van der Waals surface area contributed by atoms with Gasteiger partial charge in [-0.1, -0.05) is 19.4 Å². The highest BCUT2D eigenvalue weighted by atomic mass is 15.1. The molecular formula is C14H22N2. The molecule has 0 saturated heterocycles. The number of unbranched alkanes of at least 4 members (excludes halogenated alkanes) is 1. The van der Waals surface area contributed by atoms with Crippen LogP contribution in [-0.2, 0) is 12.8 Å². The van der Waals surface area contributed by atoms with Crippen molar-refractivity contribution in [2.45, 2.75) is 45.1 Å². The quantitative estimate of drug-likeness (QED) is 0.772. The van der Waals surface area contributed by atoms with Crippen molar-refractivity contribution in [3.63, 3.8) is 0 Å². The van der Waals surface area contributed by atoms with Gasteiger partial charge in [0, 0.05) is 24.4 Å². The Labute approximate surface area is 98.7 Å². The van der Waals surface area contributed by atoms with Crippen LogP contribution < -0.4 is 0 Å². The molecule has 0 N–H and O–H groups in total. The first kappa shape index (κ1) is 11.6. The lowest BCUT2D eigenvalue weighted by atomic mass is 9.91. The van der Waals surface area contributed by atoms with Crippen molar-refractivity contribution in [2.75, 3.05) is 13.6 Å². The zero-order chi connectivity index (χ0) is 11.4. The summed E-state index contributed by atoms with van der Waals surface area (Å²) >= 11 is 0. The summed E-state index contributed by atoms with van der Waals surface area (Å²) in [5.41, 5.74) is 2.78. The van der Waals surface area contributed by atoms with Crippen LogP contribution in [0.5, 0.6) is 0 Å². The standard InChI is InChI=1S/C14H22N2/c1-3-4-10-16(2)13-8-7-12-6-5-9-15-14(12)11-13/h5-6,9,13H,3-4,7-8,10-11H2,1-2H3. The molecule has 1 aliphatic rings. The van der Waals surface area contributed by atoms with Crippen LogP contribution in [0.25, 0.3) is 0 Å². The molecule has 0 radical (unpaired) electrons. The molecule has 0 saturated carbocycles. The van der Waals surface area contributed by atoms with Gasteiger partial charge in [0.15, 0.2) is 0 Å². The molecule has 1 atom stereocenters. The molecule has 0 aromatic carbocycles. The van der Waals surface area contributed by atoms with E-state index in [1.807, 2.05) is 6.20 Å². The van der Waals surface area contributed by atoms with Gasteiger partial charge in [0.1, 0.15) is 0 Å². The van der Waals surface area contributed by atoms with E-state index in [4.69, 9.17) is 0 Å². The fourth-order valence-corrected chi connectivity index (χ4v) is 2.50. The Morgan fingerprint density at radius 2 is 2.38 bits per heavy atom. The SMILES string of the molecule is CCCCN(C)C1CCc2cccnc2C1. The molecule has 1 heterocycles. The summed E-state index contributed by atoms with van der Waals surface area (Å²) in [5.74, 6) is 0. The Morgan fingerprint density at radius 3 is 3.19 bits per heavy atom. The fourth-order valence-electron chi connectivity index (χ4n) is 2.50. The van der Waals surface area contributed by atoms with Crippen LogP contribution in [0.2, 0.25) is 0 Å². The van der Waals surface area contributed by atoms with Gasteiger partial charge in [-0.2, -0.15) is 0 Å². The van der Waals surface area contributed by atoms with Gasteiger partial charge in [0.05, 0.1) is 0 Å². The Balaban J connectivity index is 1.97. The van der Waals surface area contributed by atoms with Gasteiger partial charge in [0.2, 0.25) is 0 Å². The van der Waals surface area contributed by atoms with Crippen molar-refractivity contribution in [1.82, 2.24) is 9.88 Å². The van der Waals surface area contributed by atoms with Crippen molar-refractivity contribution in [1.29, 1.82) is 0 Å². The summed E-state index contributed by atoms with van der Waals surface area (Å²) in [7, 11) is 2.26. The summed E-state index contributed by atoms with van der Waals surface area (Å²) in [6.45, 7) is 3.48. The molecule has 0 bridgehead atoms. The molecule has 0 fully saturated rings. The molecule has 2 heteroatoms. The minimum atomic E-state index is 0.703. The summed E-state index contributed by atoms with van der Waals surface area (Å²) in [4.78, 5) is 7.02. The van der Waals surface area contributed by atoms with Crippen LogP contribution in [0.3, 0.4) is 0 Å². The summed E-state index contributed by atoms with van der Waals surface area (Å²) in [5, 5.41) is 0. The molecule has 1 aromatic rings. The number of hydrogen-bond donors (Lipinski definition) is 0. The van der Waals surface area contributed by atoms with E-state index in [-0.39, 0.29) is 0 Å². The maximum Gasteiger partial charge on any atom is 0.0451 e. The van der Waals surface area contributed by atoms with Crippen LogP contribution in [0, 0.1) is 0 Å². The van der Waals surface area contributed by atoms with Crippen LogP contribution in [-0.4, -0.2) is 29.5 Å². The maximum atomic E-state index is 4.51. The minimum absolute atomic E-state index is 0.703. The van der Waals surface area contributed by atoms with Crippen LogP contribution in [0.1, 0.15) is 37.4 Å². The predicted octanol–water partition coefficient (Wildman–Crippen LogP) is 2.67. The molecule has 16 heavy (non-hydrogen) atoms. The maximum absolute atomic E-state index is 4.51. The third kappa shape index (κ3) is 2.62. The molecule has 2 rings (SSSR count). The van der Waals surface area contributed by atoms with Gasteiger partial charge in [-0.25, -0.2) is 0 Å². The van der Waals surface area contributed by atoms with Gasteiger partial charge < -0.3 is 4.90 Å². The van der Waals surface area contributed by atoms with E-state index in [1.54, 1.807) is 0 Å². The highest BCUT2D eigenvalue weighted by molar-refractivity contribution is 5.23. The van der Waals surface area contributed by atoms with Gasteiger partial charge in [0.25, 0.3) is 0 Å². The normalized spacial score (nSPS) is 19.8. The van der Waals surface area contributed by atoms with Gasteiger partial charge in [-0.3, -0.25) is 4.98 Å². The lowest BCUT2D eigenvalue weighted by Crippen LogP contribution is -2.37. The van der Waals surface area contributed by atoms with Crippen molar-refractivity contribution in [3.8, 4) is 0 Å². The second-order valence-electron chi connectivity index (χ2n) is 4.84. The van der Waals surface area contributed by atoms with Crippen LogP contribution in [0.15, 0.2) is 18.3 Å². The van der Waals surface area contributed by atoms with Crippen molar-refractivity contribution >= 4 is 0 Å². The smallest absolute Gasteiger partial charge is 0.0451 e. The van der Waals surface area contributed by atoms with E-state index in [0.29, 0.717) is 6.04 Å². The number of aryl methyl sites for hydroxylation is 1. The topological polar surface area (TPSA) is 16.1 Å². The van der Waals surface area contributed by atoms with Crippen LogP contribution >= 0.6 is 0 Å². The zero-order valence-corrected chi connectivity index (χ0v) is 10.4. The highest BCUT2D eigenvalue weighted by Crippen LogP contribution is 2.22. The van der Waals surface area contributed by atoms with E-state index in [1.165, 1.54) is 43.5 Å². The van der Waals surface area contributed by atoms with E-state index < -0.39 is 0 Å². The number of fused-ring (bicyclic) bond motifs is 1. The Kier molecular flexibility index (Phi) is 3.94. The molecule has 1 unspecified atom stereocenters. The monoisotopic (exact) mass is 218 g/mol. The van der Waals surface area contributed by atoms with E-state index in [0.717, 1.165) is 6.42 Å². The number of likely N-dealkylation sites (N-methyl/N-ethyl adjacent to an activating group) is 1. The third-order valence-corrected chi connectivity index (χ3v) is 3.65. The second kappa shape index (κ2) is 5.44. The van der Waals surface area contributed by atoms with E-state index >= 15 is 0 Å². The van der Waals surface area contributed by atoms with Crippen molar-refractivity contribution < 1.29 is 0 Å². The molecule has 1 aliphatic carbocycles. The first-order chi connectivity index (χ1) is 7.81. The Bertz CT molecular complexity index is 335. The highest BCUT2D eigenvalue weighted by Gasteiger charge is 2.21. The fraction of sp³-hybridized carbons (Fsp3) is 0.643. The average Bonchev–Trinajstić information content (AvgIpc) is 2.35. The van der Waals surface area contributed by atoms with E-state index in [2.05, 4.69) is 36.0 Å². The summed E-state index contributed by atoms with van der Waals surface area (Å²) in [6, 6.07) is 4.99. The molecule has 1 aromatic heterocycles. The number of nitrogens with zero attached hydrogens (tertiary/aromatic N) is 2. The molecular weight excluding hydrogens is 196 g/mol. The summed E-state index contributed by atoms with van der Waals surface area (Å²) in [6.07, 6.45) is 8.14. The minimum Gasteiger partial charge on any atom is -0.303 e. The lowest BCUT2D eigenvalue weighted by Gasteiger charge is -2.31. The second-order valence-corrected chi connectivity index (χ2v) is 4.84. The van der Waals surface area contributed by atoms with Gasteiger partial charge in [-0.15, -0.1) is 0 Å². The molecule has 0 amide bonds. The van der Waals surface area contributed by atoms with Crippen molar-refractivity contribution in [2.24, 2.45) is 0 Å². The third-order valence-electron chi connectivity index (χ3n) is 3.65. The predicted molar refractivity (Wildman–Crippen MR) is 67.6 cm³/mol. The Hall–Kier alpha value is -0.890. The molecule has 88 valence electrons. The molecule has 2 nitrogen and oxygen atoms in total. The summed E-state index contributed by atoms with van der Waals surface area (Å²) < 4.78 is 0. The number of aromatic nitrogens is 1. The number of pyridine rings is 1. The zero-order valence-electron chi connectivity index (χ0n) is 10.4. The van der Waals surface area contributed by atoms with Crippen LogP contribution in [0.4, 0.5) is 0 Å². The van der Waals surface area contributed by atoms with Crippen molar-refractivity contribution in [3.05, 3.63) is 29.6 Å². The first-order valence-corrected chi connectivity index (χ1v) is 6.44. The van der Waals surface area contributed by atoms with Gasteiger partial charge in [-0.05, 0) is 44.5 Å². The Morgan fingerprint density at radius 1 is 1.50 bits per heavy atom. The van der Waals surface area contributed by atoms with E-state index in [9.17, 15) is 0 Å². The average molecular weight is 218 g/mol. The number of rotatable bonds is 4.